The third-order valence-corrected chi connectivity index (χ3v) is 5.30. The van der Waals surface area contributed by atoms with Crippen molar-refractivity contribution in [2.75, 3.05) is 0 Å². The van der Waals surface area contributed by atoms with Crippen molar-refractivity contribution in [3.63, 3.8) is 0 Å². The fourth-order valence-electron chi connectivity index (χ4n) is 3.31. The van der Waals surface area contributed by atoms with Crippen LogP contribution in [0, 0.1) is 5.92 Å². The number of hydrogen-bond donors (Lipinski definition) is 1. The second-order valence-corrected chi connectivity index (χ2v) is 8.07. The van der Waals surface area contributed by atoms with Crippen LogP contribution in [0.25, 0.3) is 0 Å². The van der Waals surface area contributed by atoms with Crippen LogP contribution in [0.2, 0.25) is 0 Å². The number of furan rings is 1. The largest absolute Gasteiger partial charge is 0.504 e. The summed E-state index contributed by atoms with van der Waals surface area (Å²) < 4.78 is 10.2. The van der Waals surface area contributed by atoms with E-state index < -0.39 is 5.97 Å². The zero-order valence-electron chi connectivity index (χ0n) is 18.2. The van der Waals surface area contributed by atoms with Gasteiger partial charge in [-0.1, -0.05) is 30.2 Å². The molecule has 0 aliphatic carbocycles. The average molecular weight is 399 g/mol. The number of carbonyl (C=O) groups is 1. The molecule has 1 aromatic rings. The lowest BCUT2D eigenvalue weighted by Gasteiger charge is -2.07. The van der Waals surface area contributed by atoms with Gasteiger partial charge in [0.25, 0.3) is 0 Å². The topological polar surface area (TPSA) is 59.7 Å². The Labute approximate surface area is 174 Å². The van der Waals surface area contributed by atoms with E-state index in [9.17, 15) is 9.90 Å². The monoisotopic (exact) mass is 398 g/mol. The maximum absolute atomic E-state index is 11.4. The third-order valence-electron chi connectivity index (χ3n) is 5.30. The van der Waals surface area contributed by atoms with Crippen molar-refractivity contribution in [2.24, 2.45) is 5.92 Å². The van der Waals surface area contributed by atoms with Gasteiger partial charge in [-0.25, -0.2) is 4.79 Å². The Kier molecular flexibility index (Phi) is 9.04. The van der Waals surface area contributed by atoms with Crippen LogP contribution < -0.4 is 0 Å². The molecule has 0 spiro atoms. The molecular weight excluding hydrogens is 364 g/mol. The Hall–Kier alpha value is -2.49. The van der Waals surface area contributed by atoms with Crippen molar-refractivity contribution in [3.8, 4) is 0 Å². The molecule has 1 N–H and O–H groups in total. The first-order chi connectivity index (χ1) is 13.9. The highest BCUT2D eigenvalue weighted by Crippen LogP contribution is 2.26. The quantitative estimate of drug-likeness (QED) is 0.323. The molecule has 158 valence electrons. The molecule has 0 fully saturated rings. The summed E-state index contributed by atoms with van der Waals surface area (Å²) in [5.74, 6) is 0.0448. The van der Waals surface area contributed by atoms with Gasteiger partial charge < -0.3 is 14.3 Å². The Morgan fingerprint density at radius 1 is 1.17 bits per heavy atom. The summed E-state index contributed by atoms with van der Waals surface area (Å²) in [5, 5.41) is 9.88. The first kappa shape index (κ1) is 22.8. The highest BCUT2D eigenvalue weighted by molar-refractivity contribution is 5.93. The van der Waals surface area contributed by atoms with Gasteiger partial charge in [0, 0.05) is 0 Å². The Morgan fingerprint density at radius 3 is 2.55 bits per heavy atom. The van der Waals surface area contributed by atoms with Crippen LogP contribution in [0.15, 0.2) is 69.5 Å². The summed E-state index contributed by atoms with van der Waals surface area (Å²) in [6.45, 7) is 8.04. The number of ether oxygens (including phenoxy) is 1. The fraction of sp³-hybridized carbons (Fsp3) is 0.480. The van der Waals surface area contributed by atoms with Gasteiger partial charge in [-0.15, -0.1) is 0 Å². The van der Waals surface area contributed by atoms with Crippen LogP contribution in [0.4, 0.5) is 0 Å². The number of cyclic esters (lactones) is 1. The molecule has 1 aromatic heterocycles. The van der Waals surface area contributed by atoms with E-state index in [1.54, 1.807) is 13.2 Å². The normalized spacial score (nSPS) is 17.9. The van der Waals surface area contributed by atoms with Crippen LogP contribution in [0.5, 0.6) is 0 Å². The van der Waals surface area contributed by atoms with Crippen molar-refractivity contribution in [1.82, 2.24) is 0 Å². The number of carbonyl (C=O) groups excluding carboxylic acids is 1. The van der Waals surface area contributed by atoms with Gasteiger partial charge in [0.05, 0.1) is 18.1 Å². The summed E-state index contributed by atoms with van der Waals surface area (Å²) in [6.07, 6.45) is 17.5. The zero-order chi connectivity index (χ0) is 21.2. The van der Waals surface area contributed by atoms with Crippen LogP contribution in [0.1, 0.15) is 71.8 Å². The van der Waals surface area contributed by atoms with Crippen molar-refractivity contribution < 1.29 is 19.1 Å². The highest BCUT2D eigenvalue weighted by Gasteiger charge is 2.26. The summed E-state index contributed by atoms with van der Waals surface area (Å²) in [5.41, 5.74) is 4.41. The first-order valence-electron chi connectivity index (χ1n) is 10.5. The molecule has 1 unspecified atom stereocenters. The molecule has 0 saturated carbocycles. The second-order valence-electron chi connectivity index (χ2n) is 8.07. The van der Waals surface area contributed by atoms with Gasteiger partial charge in [-0.05, 0) is 89.3 Å². The van der Waals surface area contributed by atoms with E-state index in [2.05, 4.69) is 32.9 Å². The van der Waals surface area contributed by atoms with Crippen LogP contribution >= 0.6 is 0 Å². The van der Waals surface area contributed by atoms with Crippen molar-refractivity contribution in [3.05, 3.63) is 70.6 Å². The number of aryl methyl sites for hydroxylation is 1. The molecule has 1 atom stereocenters. The van der Waals surface area contributed by atoms with E-state index in [4.69, 9.17) is 9.15 Å². The molecule has 0 radical (unpaired) electrons. The van der Waals surface area contributed by atoms with E-state index in [1.165, 1.54) is 16.7 Å². The number of aliphatic hydroxyl groups is 1. The number of hydrogen-bond acceptors (Lipinski definition) is 4. The molecule has 4 nitrogen and oxygen atoms in total. The molecule has 0 aromatic carbocycles. The molecule has 29 heavy (non-hydrogen) atoms. The first-order valence-corrected chi connectivity index (χ1v) is 10.5. The number of rotatable bonds is 11. The summed E-state index contributed by atoms with van der Waals surface area (Å²) in [4.78, 5) is 11.4. The van der Waals surface area contributed by atoms with Crippen molar-refractivity contribution in [1.29, 1.82) is 0 Å². The van der Waals surface area contributed by atoms with Gasteiger partial charge in [0.2, 0.25) is 0 Å². The SMILES string of the molecule is CC1=C(O)/C(=C/C(C)CC/C=C(/C)CC/C=C(/C)CCCc2ccoc2)OC1=O. The third kappa shape index (κ3) is 7.80. The number of esters is 1. The molecule has 1 aliphatic heterocycles. The lowest BCUT2D eigenvalue weighted by molar-refractivity contribution is -0.133. The molecule has 0 bridgehead atoms. The molecule has 2 rings (SSSR count). The van der Waals surface area contributed by atoms with E-state index in [0.717, 1.165) is 44.9 Å². The van der Waals surface area contributed by atoms with Crippen molar-refractivity contribution in [2.45, 2.75) is 72.6 Å². The highest BCUT2D eigenvalue weighted by atomic mass is 16.6. The Morgan fingerprint density at radius 2 is 1.90 bits per heavy atom. The van der Waals surface area contributed by atoms with Crippen molar-refractivity contribution >= 4 is 5.97 Å². The minimum atomic E-state index is -0.457. The summed E-state index contributed by atoms with van der Waals surface area (Å²) in [7, 11) is 0. The Bertz CT molecular complexity index is 791. The minimum Gasteiger partial charge on any atom is -0.504 e. The lowest BCUT2D eigenvalue weighted by atomic mass is 10.0. The zero-order valence-corrected chi connectivity index (χ0v) is 18.2. The molecule has 1 aliphatic rings. The van der Waals surface area contributed by atoms with Gasteiger partial charge >= 0.3 is 5.97 Å². The smallest absolute Gasteiger partial charge is 0.343 e. The predicted octanol–water partition coefficient (Wildman–Crippen LogP) is 6.96. The molecular formula is C25H34O4. The van der Waals surface area contributed by atoms with E-state index in [0.29, 0.717) is 5.76 Å². The Balaban J connectivity index is 1.64. The molecule has 0 amide bonds. The second kappa shape index (κ2) is 11.5. The molecule has 4 heteroatoms. The number of allylic oxidation sites excluding steroid dienone is 5. The van der Waals surface area contributed by atoms with Gasteiger partial charge in [-0.2, -0.15) is 0 Å². The van der Waals surface area contributed by atoms with Gasteiger partial charge in [0.15, 0.2) is 11.5 Å². The minimum absolute atomic E-state index is 0.0273. The molecule has 0 saturated heterocycles. The maximum Gasteiger partial charge on any atom is 0.343 e. The number of aliphatic hydroxyl groups excluding tert-OH is 1. The van der Waals surface area contributed by atoms with Crippen LogP contribution in [-0.2, 0) is 16.0 Å². The molecule has 2 heterocycles. The van der Waals surface area contributed by atoms with Crippen LogP contribution in [-0.4, -0.2) is 11.1 Å². The van der Waals surface area contributed by atoms with E-state index in [-0.39, 0.29) is 17.3 Å². The summed E-state index contributed by atoms with van der Waals surface area (Å²) in [6, 6.07) is 2.03. The fourth-order valence-corrected chi connectivity index (χ4v) is 3.31. The predicted molar refractivity (Wildman–Crippen MR) is 116 cm³/mol. The summed E-state index contributed by atoms with van der Waals surface area (Å²) >= 11 is 0. The van der Waals surface area contributed by atoms with Gasteiger partial charge in [0.1, 0.15) is 0 Å². The standard InChI is InChI=1S/C25H34O4/c1-18(8-5-9-19(2)11-7-13-22-14-15-28-17-22)10-6-12-20(3)16-23-24(26)21(4)25(27)29-23/h9-10,14-17,20,26H,5-8,11-13H2,1-4H3/b18-10-,19-9-,23-16-. The lowest BCUT2D eigenvalue weighted by Crippen LogP contribution is -1.97. The van der Waals surface area contributed by atoms with E-state index >= 15 is 0 Å². The van der Waals surface area contributed by atoms with Crippen LogP contribution in [0.3, 0.4) is 0 Å². The van der Waals surface area contributed by atoms with E-state index in [1.807, 2.05) is 18.4 Å². The van der Waals surface area contributed by atoms with Gasteiger partial charge in [-0.3, -0.25) is 0 Å². The maximum atomic E-state index is 11.4. The average Bonchev–Trinajstić information content (AvgIpc) is 3.27.